The Labute approximate surface area is 286 Å². The number of cyclic esters (lactones) is 1. The van der Waals surface area contributed by atoms with Gasteiger partial charge >= 0.3 is 5.97 Å². The fraction of sp³-hybridized carbons (Fsp3) is 0.611. The molecule has 5 bridgehead atoms. The van der Waals surface area contributed by atoms with Gasteiger partial charge in [0.25, 0.3) is 0 Å². The molecule has 256 valence electrons. The highest BCUT2D eigenvalue weighted by molar-refractivity contribution is 9.11. The lowest BCUT2D eigenvalue weighted by atomic mass is 9.74. The number of benzene rings is 1. The Morgan fingerprint density at radius 3 is 2.36 bits per heavy atom. The van der Waals surface area contributed by atoms with E-state index in [2.05, 4.69) is 42.0 Å². The van der Waals surface area contributed by atoms with Crippen LogP contribution in [0.3, 0.4) is 0 Å². The van der Waals surface area contributed by atoms with Crippen molar-refractivity contribution in [1.82, 2.24) is 15.1 Å². The summed E-state index contributed by atoms with van der Waals surface area (Å²) in [7, 11) is 0. The Kier molecular flexibility index (Phi) is 9.85. The molecule has 0 aliphatic carbocycles. The highest BCUT2D eigenvalue weighted by Crippen LogP contribution is 2.59. The second-order valence-corrected chi connectivity index (χ2v) is 16.2. The third-order valence-electron chi connectivity index (χ3n) is 9.78. The van der Waals surface area contributed by atoms with Crippen LogP contribution in [0.5, 0.6) is 0 Å². The van der Waals surface area contributed by atoms with E-state index in [4.69, 9.17) is 9.47 Å². The van der Waals surface area contributed by atoms with Crippen molar-refractivity contribution in [3.63, 3.8) is 0 Å². The van der Waals surface area contributed by atoms with E-state index < -0.39 is 65.2 Å². The number of hydrogen-bond acceptors (Lipinski definition) is 7. The van der Waals surface area contributed by atoms with Crippen molar-refractivity contribution < 1.29 is 33.8 Å². The van der Waals surface area contributed by atoms with E-state index in [1.165, 1.54) is 4.90 Å². The van der Waals surface area contributed by atoms with Crippen molar-refractivity contribution in [2.24, 2.45) is 17.3 Å². The number of carbonyl (C=O) groups is 4. The zero-order valence-corrected chi connectivity index (χ0v) is 30.0. The van der Waals surface area contributed by atoms with Gasteiger partial charge in [-0.3, -0.25) is 19.2 Å². The zero-order valence-electron chi connectivity index (χ0n) is 28.4. The summed E-state index contributed by atoms with van der Waals surface area (Å²) in [6, 6.07) is 6.75. The summed E-state index contributed by atoms with van der Waals surface area (Å²) >= 11 is 3.60. The van der Waals surface area contributed by atoms with Gasteiger partial charge in [-0.1, -0.05) is 79.2 Å². The molecule has 4 heterocycles. The number of hydrogen-bond donors (Lipinski definition) is 2. The molecule has 2 saturated heterocycles. The standard InChI is InChI=1S/C36H48BrN3O7/c1-21(19-41)40-30-32(44)39(35(6,7)20-34(3,4)5)17-13-9-12-16-25(42)38-22(2)28(23-14-10-8-11-15-23)46-33(45)26-27(31(40)43)36(30)18-24(37)29(26)47-36/h8-11,13-15,18,21-22,26-30,41H,12,16-17,19-20H2,1-7H3,(H,38,42)/b13-9-/t21-,22-,26+,27-,28+,29+,30+,36-/m1/s1. The fourth-order valence-corrected chi connectivity index (χ4v) is 8.90. The lowest BCUT2D eigenvalue weighted by Gasteiger charge is -2.46. The second-order valence-electron chi connectivity index (χ2n) is 15.2. The molecule has 0 aromatic heterocycles. The summed E-state index contributed by atoms with van der Waals surface area (Å²) in [5.41, 5.74) is -1.55. The first-order valence-corrected chi connectivity index (χ1v) is 17.3. The minimum absolute atomic E-state index is 0.129. The lowest BCUT2D eigenvalue weighted by Crippen LogP contribution is -2.62. The van der Waals surface area contributed by atoms with E-state index >= 15 is 4.79 Å². The van der Waals surface area contributed by atoms with Gasteiger partial charge in [0.15, 0.2) is 0 Å². The maximum Gasteiger partial charge on any atom is 0.313 e. The predicted octanol–water partition coefficient (Wildman–Crippen LogP) is 4.42. The molecule has 0 radical (unpaired) electrons. The van der Waals surface area contributed by atoms with Crippen molar-refractivity contribution >= 4 is 39.6 Å². The van der Waals surface area contributed by atoms with Crippen LogP contribution in [-0.2, 0) is 28.7 Å². The number of nitrogens with one attached hydrogen (secondary N) is 1. The number of amides is 3. The minimum Gasteiger partial charge on any atom is -0.455 e. The van der Waals surface area contributed by atoms with Crippen LogP contribution in [0.15, 0.2) is 53.0 Å². The fourth-order valence-electron chi connectivity index (χ4n) is 8.16. The van der Waals surface area contributed by atoms with Gasteiger partial charge in [0.05, 0.1) is 24.6 Å². The van der Waals surface area contributed by atoms with Gasteiger partial charge in [-0.2, -0.15) is 0 Å². The molecule has 4 aliphatic heterocycles. The lowest BCUT2D eigenvalue weighted by molar-refractivity contribution is -0.162. The van der Waals surface area contributed by atoms with Crippen LogP contribution in [0.2, 0.25) is 0 Å². The second kappa shape index (κ2) is 13.1. The Bertz CT molecular complexity index is 1450. The topological polar surface area (TPSA) is 125 Å². The third-order valence-corrected chi connectivity index (χ3v) is 10.5. The first-order valence-electron chi connectivity index (χ1n) is 16.5. The molecule has 10 nitrogen and oxygen atoms in total. The van der Waals surface area contributed by atoms with Crippen LogP contribution < -0.4 is 5.32 Å². The molecule has 2 N–H and O–H groups in total. The molecule has 5 rings (SSSR count). The monoisotopic (exact) mass is 713 g/mol. The normalized spacial score (nSPS) is 33.3. The maximum absolute atomic E-state index is 15.1. The van der Waals surface area contributed by atoms with Crippen LogP contribution in [0.1, 0.15) is 79.4 Å². The maximum atomic E-state index is 15.1. The Hall–Kier alpha value is -3.02. The van der Waals surface area contributed by atoms with Crippen molar-refractivity contribution in [2.45, 2.75) is 109 Å². The number of halogens is 1. The van der Waals surface area contributed by atoms with Crippen LogP contribution in [0.4, 0.5) is 0 Å². The molecular formula is C36H48BrN3O7. The number of aliphatic hydroxyl groups is 1. The van der Waals surface area contributed by atoms with Gasteiger partial charge in [-0.05, 0) is 57.6 Å². The smallest absolute Gasteiger partial charge is 0.313 e. The predicted molar refractivity (Wildman–Crippen MR) is 180 cm³/mol. The summed E-state index contributed by atoms with van der Waals surface area (Å²) < 4.78 is 13.4. The Morgan fingerprint density at radius 2 is 1.72 bits per heavy atom. The van der Waals surface area contributed by atoms with E-state index in [0.717, 1.165) is 0 Å². The number of nitrogens with zero attached hydrogens (tertiary/aromatic N) is 2. The largest absolute Gasteiger partial charge is 0.455 e. The van der Waals surface area contributed by atoms with Gasteiger partial charge < -0.3 is 29.7 Å². The van der Waals surface area contributed by atoms with Crippen molar-refractivity contribution in [2.75, 3.05) is 13.2 Å². The molecule has 0 unspecified atom stereocenters. The van der Waals surface area contributed by atoms with Gasteiger partial charge in [-0.25, -0.2) is 0 Å². The van der Waals surface area contributed by atoms with E-state index in [1.807, 2.05) is 56.3 Å². The first-order chi connectivity index (χ1) is 22.0. The molecule has 1 aromatic rings. The number of ether oxygens (including phenoxy) is 2. The average molecular weight is 715 g/mol. The van der Waals surface area contributed by atoms with Crippen molar-refractivity contribution in [3.8, 4) is 0 Å². The van der Waals surface area contributed by atoms with Gasteiger partial charge in [0.2, 0.25) is 17.7 Å². The number of allylic oxidation sites excluding steroid dienone is 1. The molecule has 3 amide bonds. The number of aliphatic hydroxyl groups excluding tert-OH is 1. The molecule has 47 heavy (non-hydrogen) atoms. The zero-order chi connectivity index (χ0) is 34.5. The first kappa shape index (κ1) is 35.3. The molecule has 2 fully saturated rings. The van der Waals surface area contributed by atoms with Gasteiger partial charge in [-0.15, -0.1) is 0 Å². The molecule has 1 spiro atoms. The summed E-state index contributed by atoms with van der Waals surface area (Å²) in [4.78, 5) is 60.1. The summed E-state index contributed by atoms with van der Waals surface area (Å²) in [6.07, 6.45) is 5.20. The highest BCUT2D eigenvalue weighted by Gasteiger charge is 2.75. The Balaban J connectivity index is 1.65. The van der Waals surface area contributed by atoms with Gasteiger partial charge in [0, 0.05) is 23.0 Å². The number of fused-ring (bicyclic) bond motifs is 2. The minimum atomic E-state index is -1.46. The van der Waals surface area contributed by atoms with Crippen LogP contribution in [0.25, 0.3) is 0 Å². The van der Waals surface area contributed by atoms with Crippen LogP contribution in [-0.4, -0.2) is 87.1 Å². The van der Waals surface area contributed by atoms with Crippen LogP contribution >= 0.6 is 15.9 Å². The quantitative estimate of drug-likeness (QED) is 0.342. The van der Waals surface area contributed by atoms with Gasteiger partial charge in [0.1, 0.15) is 29.8 Å². The third kappa shape index (κ3) is 6.55. The summed E-state index contributed by atoms with van der Waals surface area (Å²) in [5, 5.41) is 13.3. The average Bonchev–Trinajstić information content (AvgIpc) is 3.58. The Morgan fingerprint density at radius 1 is 1.04 bits per heavy atom. The number of likely N-dealkylation sites (tertiary alicyclic amines) is 1. The van der Waals surface area contributed by atoms with E-state index in [-0.39, 0.29) is 36.8 Å². The van der Waals surface area contributed by atoms with E-state index in [0.29, 0.717) is 22.9 Å². The number of carbonyl (C=O) groups excluding carboxylic acids is 4. The summed E-state index contributed by atoms with van der Waals surface area (Å²) in [6.45, 7) is 13.7. The number of esters is 1. The van der Waals surface area contributed by atoms with Crippen molar-refractivity contribution in [3.05, 3.63) is 58.6 Å². The molecular weight excluding hydrogens is 666 g/mol. The van der Waals surface area contributed by atoms with Crippen molar-refractivity contribution in [1.29, 1.82) is 0 Å². The summed E-state index contributed by atoms with van der Waals surface area (Å²) in [5.74, 6) is -3.73. The molecule has 11 heteroatoms. The highest BCUT2D eigenvalue weighted by atomic mass is 79.9. The van der Waals surface area contributed by atoms with Crippen LogP contribution in [0, 0.1) is 17.3 Å². The SMILES string of the molecule is C[C@H](CO)N1C(=O)[C@H]2[C@@H]3C(=O)O[C@H](c4ccccc4)[C@@H](C)NC(=O)CC/C=C\CN(C(C)(C)CC(C)(C)C)C(=O)[C@H]1[C@@]21C=C(Br)[C@@H]3O1. The molecule has 8 atom stereocenters. The number of rotatable bonds is 5. The molecule has 0 saturated carbocycles. The molecule has 1 aromatic carbocycles. The van der Waals surface area contributed by atoms with E-state index in [1.54, 1.807) is 24.8 Å². The molecule has 4 aliphatic rings. The van der Waals surface area contributed by atoms with E-state index in [9.17, 15) is 19.5 Å².